The molecule has 29 heavy (non-hydrogen) atoms. The average Bonchev–Trinajstić information content (AvgIpc) is 2.74. The molecule has 1 aromatic carbocycles. The van der Waals surface area contributed by atoms with Gasteiger partial charge in [0.1, 0.15) is 11.6 Å². The lowest BCUT2D eigenvalue weighted by Gasteiger charge is -2.41. The summed E-state index contributed by atoms with van der Waals surface area (Å²) in [5.74, 6) is 0.977. The molecule has 1 aliphatic carbocycles. The van der Waals surface area contributed by atoms with Gasteiger partial charge in [0.15, 0.2) is 0 Å². The lowest BCUT2D eigenvalue weighted by Crippen LogP contribution is -2.47. The van der Waals surface area contributed by atoms with Crippen molar-refractivity contribution in [1.29, 1.82) is 0 Å². The van der Waals surface area contributed by atoms with Crippen molar-refractivity contribution in [3.05, 3.63) is 47.8 Å². The molecule has 5 heteroatoms. The molecule has 0 bridgehead atoms. The molecule has 1 aliphatic heterocycles. The normalized spacial score (nSPS) is 21.8. The Kier molecular flexibility index (Phi) is 5.66. The third-order valence-corrected chi connectivity index (χ3v) is 6.66. The SMILES string of the molecule is Cc1ncc(-c2ccc(F)cc2)c(C2CCCN(C(=O)C3(C)CCCCC3)C2)n1. The molecule has 1 aromatic heterocycles. The van der Waals surface area contributed by atoms with E-state index in [0.717, 1.165) is 67.7 Å². The molecule has 0 spiro atoms. The van der Waals surface area contributed by atoms with Crippen LogP contribution in [0.25, 0.3) is 11.1 Å². The van der Waals surface area contributed by atoms with Gasteiger partial charge in [0, 0.05) is 36.2 Å². The van der Waals surface area contributed by atoms with Gasteiger partial charge in [-0.1, -0.05) is 38.3 Å². The van der Waals surface area contributed by atoms with E-state index in [4.69, 9.17) is 4.98 Å². The Morgan fingerprint density at radius 3 is 2.59 bits per heavy atom. The Morgan fingerprint density at radius 1 is 1.14 bits per heavy atom. The number of aromatic nitrogens is 2. The smallest absolute Gasteiger partial charge is 0.228 e. The average molecular weight is 396 g/mol. The molecule has 154 valence electrons. The predicted octanol–water partition coefficient (Wildman–Crippen LogP) is 5.27. The maximum absolute atomic E-state index is 13.4. The summed E-state index contributed by atoms with van der Waals surface area (Å²) in [6.45, 7) is 5.59. The highest BCUT2D eigenvalue weighted by molar-refractivity contribution is 5.82. The number of amides is 1. The molecule has 4 nitrogen and oxygen atoms in total. The lowest BCUT2D eigenvalue weighted by molar-refractivity contribution is -0.144. The highest BCUT2D eigenvalue weighted by atomic mass is 19.1. The van der Waals surface area contributed by atoms with Crippen LogP contribution in [0.5, 0.6) is 0 Å². The van der Waals surface area contributed by atoms with Crippen LogP contribution < -0.4 is 0 Å². The number of nitrogens with zero attached hydrogens (tertiary/aromatic N) is 3. The van der Waals surface area contributed by atoms with Gasteiger partial charge in [-0.2, -0.15) is 0 Å². The van der Waals surface area contributed by atoms with Crippen LogP contribution in [0.1, 0.15) is 69.3 Å². The zero-order valence-electron chi connectivity index (χ0n) is 17.5. The zero-order valence-corrected chi connectivity index (χ0v) is 17.5. The predicted molar refractivity (Wildman–Crippen MR) is 112 cm³/mol. The molecule has 0 radical (unpaired) electrons. The second-order valence-corrected chi connectivity index (χ2v) is 8.93. The van der Waals surface area contributed by atoms with Gasteiger partial charge in [0.25, 0.3) is 0 Å². The van der Waals surface area contributed by atoms with Crippen molar-refractivity contribution >= 4 is 5.91 Å². The molecule has 1 amide bonds. The molecule has 0 N–H and O–H groups in total. The van der Waals surface area contributed by atoms with Crippen molar-refractivity contribution in [3.63, 3.8) is 0 Å². The number of likely N-dealkylation sites (tertiary alicyclic amines) is 1. The Balaban J connectivity index is 1.60. The van der Waals surface area contributed by atoms with Gasteiger partial charge in [-0.05, 0) is 50.3 Å². The Hall–Kier alpha value is -2.30. The molecule has 2 aromatic rings. The van der Waals surface area contributed by atoms with Gasteiger partial charge in [0.2, 0.25) is 5.91 Å². The molecular formula is C24H30FN3O. The highest BCUT2D eigenvalue weighted by Gasteiger charge is 2.39. The van der Waals surface area contributed by atoms with E-state index < -0.39 is 0 Å². The fourth-order valence-electron chi connectivity index (χ4n) is 4.96. The third kappa shape index (κ3) is 4.19. The Bertz CT molecular complexity index is 874. The third-order valence-electron chi connectivity index (χ3n) is 6.66. The van der Waals surface area contributed by atoms with E-state index in [2.05, 4.69) is 16.8 Å². The molecule has 2 heterocycles. The fourth-order valence-corrected chi connectivity index (χ4v) is 4.96. The fraction of sp³-hybridized carbons (Fsp3) is 0.542. The minimum absolute atomic E-state index is 0.182. The van der Waals surface area contributed by atoms with Crippen molar-refractivity contribution in [2.45, 2.75) is 64.7 Å². The largest absolute Gasteiger partial charge is 0.342 e. The van der Waals surface area contributed by atoms with Crippen LogP contribution in [0.15, 0.2) is 30.5 Å². The standard InChI is InChI=1S/C24H30FN3O/c1-17-26-15-21(18-8-10-20(25)11-9-18)22(27-17)19-7-6-14-28(16-19)23(29)24(2)12-4-3-5-13-24/h8-11,15,19H,3-7,12-14,16H2,1-2H3. The van der Waals surface area contributed by atoms with Gasteiger partial charge in [0.05, 0.1) is 5.69 Å². The van der Waals surface area contributed by atoms with Gasteiger partial charge < -0.3 is 4.90 Å². The van der Waals surface area contributed by atoms with E-state index in [1.54, 1.807) is 12.1 Å². The van der Waals surface area contributed by atoms with Crippen LogP contribution >= 0.6 is 0 Å². The van der Waals surface area contributed by atoms with Gasteiger partial charge in [-0.25, -0.2) is 14.4 Å². The second kappa shape index (κ2) is 8.21. The number of aryl methyl sites for hydroxylation is 1. The summed E-state index contributed by atoms with van der Waals surface area (Å²) in [5, 5.41) is 0. The number of hydrogen-bond donors (Lipinski definition) is 0. The van der Waals surface area contributed by atoms with E-state index in [1.165, 1.54) is 18.6 Å². The highest BCUT2D eigenvalue weighted by Crippen LogP contribution is 2.40. The molecular weight excluding hydrogens is 365 g/mol. The molecule has 2 aliphatic rings. The first-order valence-corrected chi connectivity index (χ1v) is 10.9. The van der Waals surface area contributed by atoms with E-state index in [-0.39, 0.29) is 17.2 Å². The number of hydrogen-bond acceptors (Lipinski definition) is 3. The van der Waals surface area contributed by atoms with Gasteiger partial charge >= 0.3 is 0 Å². The summed E-state index contributed by atoms with van der Waals surface area (Å²) in [6.07, 6.45) is 9.38. The van der Waals surface area contributed by atoms with Crippen molar-refractivity contribution in [2.24, 2.45) is 5.41 Å². The minimum Gasteiger partial charge on any atom is -0.342 e. The number of carbonyl (C=O) groups excluding carboxylic acids is 1. The Labute approximate surface area is 172 Å². The lowest BCUT2D eigenvalue weighted by atomic mass is 9.74. The van der Waals surface area contributed by atoms with Crippen LogP contribution in [-0.4, -0.2) is 33.9 Å². The van der Waals surface area contributed by atoms with E-state index in [9.17, 15) is 9.18 Å². The zero-order chi connectivity index (χ0) is 20.4. The maximum atomic E-state index is 13.4. The van der Waals surface area contributed by atoms with Gasteiger partial charge in [-0.3, -0.25) is 4.79 Å². The number of carbonyl (C=O) groups is 1. The van der Waals surface area contributed by atoms with Crippen LogP contribution in [-0.2, 0) is 4.79 Å². The van der Waals surface area contributed by atoms with Crippen molar-refractivity contribution in [3.8, 4) is 11.1 Å². The van der Waals surface area contributed by atoms with Crippen molar-refractivity contribution < 1.29 is 9.18 Å². The maximum Gasteiger partial charge on any atom is 0.228 e. The van der Waals surface area contributed by atoms with Crippen LogP contribution in [0, 0.1) is 18.2 Å². The summed E-state index contributed by atoms with van der Waals surface area (Å²) >= 11 is 0. The molecule has 1 atom stereocenters. The summed E-state index contributed by atoms with van der Waals surface area (Å²) < 4.78 is 13.4. The first kappa shape index (κ1) is 20.0. The van der Waals surface area contributed by atoms with Crippen molar-refractivity contribution in [1.82, 2.24) is 14.9 Å². The molecule has 1 saturated carbocycles. The molecule has 2 fully saturated rings. The van der Waals surface area contributed by atoms with E-state index in [1.807, 2.05) is 13.1 Å². The molecule has 4 rings (SSSR count). The number of rotatable bonds is 3. The summed E-state index contributed by atoms with van der Waals surface area (Å²) in [6, 6.07) is 6.50. The summed E-state index contributed by atoms with van der Waals surface area (Å²) in [4.78, 5) is 24.6. The summed E-state index contributed by atoms with van der Waals surface area (Å²) in [5.41, 5.74) is 2.64. The molecule has 1 saturated heterocycles. The first-order chi connectivity index (χ1) is 14.0. The molecule has 1 unspecified atom stereocenters. The second-order valence-electron chi connectivity index (χ2n) is 8.93. The van der Waals surface area contributed by atoms with Crippen LogP contribution in [0.4, 0.5) is 4.39 Å². The number of piperidine rings is 1. The van der Waals surface area contributed by atoms with Gasteiger partial charge in [-0.15, -0.1) is 0 Å². The first-order valence-electron chi connectivity index (χ1n) is 10.9. The number of benzene rings is 1. The van der Waals surface area contributed by atoms with Crippen LogP contribution in [0.3, 0.4) is 0 Å². The number of halogens is 1. The van der Waals surface area contributed by atoms with E-state index in [0.29, 0.717) is 12.5 Å². The van der Waals surface area contributed by atoms with Crippen molar-refractivity contribution in [2.75, 3.05) is 13.1 Å². The topological polar surface area (TPSA) is 46.1 Å². The summed E-state index contributed by atoms with van der Waals surface area (Å²) in [7, 11) is 0. The minimum atomic E-state index is -0.251. The monoisotopic (exact) mass is 395 g/mol. The van der Waals surface area contributed by atoms with E-state index >= 15 is 0 Å². The quantitative estimate of drug-likeness (QED) is 0.711. The van der Waals surface area contributed by atoms with Crippen LogP contribution in [0.2, 0.25) is 0 Å². The Morgan fingerprint density at radius 2 is 1.86 bits per heavy atom.